The molecule has 1 fully saturated rings. The van der Waals surface area contributed by atoms with Gasteiger partial charge >= 0.3 is 11.8 Å². The molecule has 29 heavy (non-hydrogen) atoms. The van der Waals surface area contributed by atoms with Crippen LogP contribution in [0.5, 0.6) is 0 Å². The zero-order chi connectivity index (χ0) is 20.8. The molecule has 7 nitrogen and oxygen atoms in total. The number of nitrogens with zero attached hydrogens (tertiary/aromatic N) is 1. The fourth-order valence-corrected chi connectivity index (χ4v) is 3.04. The fourth-order valence-electron chi connectivity index (χ4n) is 2.85. The Morgan fingerprint density at radius 3 is 2.62 bits per heavy atom. The minimum atomic E-state index is -0.982. The van der Waals surface area contributed by atoms with Crippen LogP contribution in [0, 0.1) is 5.82 Å². The molecule has 152 valence electrons. The van der Waals surface area contributed by atoms with Gasteiger partial charge in [-0.2, -0.15) is 0 Å². The molecule has 1 atom stereocenters. The van der Waals surface area contributed by atoms with Crippen molar-refractivity contribution in [1.82, 2.24) is 10.2 Å². The smallest absolute Gasteiger partial charge is 0.313 e. The summed E-state index contributed by atoms with van der Waals surface area (Å²) in [5.41, 5.74) is 1.13. The van der Waals surface area contributed by atoms with Crippen LogP contribution in [-0.2, 0) is 19.1 Å². The monoisotopic (exact) mass is 419 g/mol. The third-order valence-electron chi connectivity index (χ3n) is 4.37. The van der Waals surface area contributed by atoms with E-state index in [1.54, 1.807) is 4.90 Å². The lowest BCUT2D eigenvalue weighted by molar-refractivity contribution is -0.141. The third-order valence-corrected chi connectivity index (χ3v) is 4.66. The van der Waals surface area contributed by atoms with Gasteiger partial charge in [0.15, 0.2) is 0 Å². The number of benzene rings is 2. The topological polar surface area (TPSA) is 87.7 Å². The molecule has 0 spiro atoms. The summed E-state index contributed by atoms with van der Waals surface area (Å²) < 4.78 is 18.9. The molecule has 2 aromatic carbocycles. The quantitative estimate of drug-likeness (QED) is 0.743. The van der Waals surface area contributed by atoms with Gasteiger partial charge in [-0.25, -0.2) is 4.39 Å². The molecule has 3 amide bonds. The number of halogens is 2. The fraction of sp³-hybridized carbons (Fsp3) is 0.250. The van der Waals surface area contributed by atoms with Crippen LogP contribution in [0.4, 0.5) is 10.1 Å². The average Bonchev–Trinajstić information content (AvgIpc) is 2.75. The third kappa shape index (κ3) is 5.52. The Bertz CT molecular complexity index is 910. The molecule has 2 aromatic rings. The Morgan fingerprint density at radius 2 is 1.90 bits per heavy atom. The first-order chi connectivity index (χ1) is 13.9. The number of nitrogens with one attached hydrogen (secondary N) is 2. The molecule has 1 aliphatic rings. The molecule has 0 bridgehead atoms. The van der Waals surface area contributed by atoms with Gasteiger partial charge in [-0.05, 0) is 23.8 Å². The van der Waals surface area contributed by atoms with E-state index >= 15 is 0 Å². The molecule has 0 aliphatic carbocycles. The van der Waals surface area contributed by atoms with Crippen LogP contribution in [0.2, 0.25) is 5.02 Å². The summed E-state index contributed by atoms with van der Waals surface area (Å²) in [4.78, 5) is 37.9. The standard InChI is InChI=1S/C20H19ClFN3O4/c21-15-10-14(6-7-16(15)22)24-20(28)19(27)23-11-18(26)25-8-9-29-17(12-25)13-4-2-1-3-5-13/h1-7,10,17H,8-9,11-12H2,(H,23,27)(H,24,28)/t17-/m1/s1. The molecule has 1 aliphatic heterocycles. The van der Waals surface area contributed by atoms with E-state index in [2.05, 4.69) is 10.6 Å². The summed E-state index contributed by atoms with van der Waals surface area (Å²) in [5, 5.41) is 4.40. The molecule has 1 heterocycles. The van der Waals surface area contributed by atoms with Gasteiger partial charge in [-0.3, -0.25) is 14.4 Å². The maximum absolute atomic E-state index is 13.1. The maximum Gasteiger partial charge on any atom is 0.313 e. The SMILES string of the molecule is O=C(NCC(=O)N1CCO[C@@H](c2ccccc2)C1)C(=O)Nc1ccc(F)c(Cl)c1. The van der Waals surface area contributed by atoms with Crippen LogP contribution in [0.1, 0.15) is 11.7 Å². The van der Waals surface area contributed by atoms with Crippen molar-refractivity contribution in [1.29, 1.82) is 0 Å². The molecule has 0 unspecified atom stereocenters. The minimum Gasteiger partial charge on any atom is -0.370 e. The summed E-state index contributed by atoms with van der Waals surface area (Å²) >= 11 is 5.63. The summed E-state index contributed by atoms with van der Waals surface area (Å²) in [5.74, 6) is -2.92. The highest BCUT2D eigenvalue weighted by Crippen LogP contribution is 2.22. The highest BCUT2D eigenvalue weighted by molar-refractivity contribution is 6.40. The summed E-state index contributed by atoms with van der Waals surface area (Å²) in [6.45, 7) is 0.820. The number of amides is 3. The number of anilines is 1. The largest absolute Gasteiger partial charge is 0.370 e. The van der Waals surface area contributed by atoms with Crippen molar-refractivity contribution >= 4 is 35.0 Å². The Kier molecular flexibility index (Phi) is 6.79. The highest BCUT2D eigenvalue weighted by Gasteiger charge is 2.26. The molecular formula is C20H19ClFN3O4. The van der Waals surface area contributed by atoms with Crippen molar-refractivity contribution in [3.8, 4) is 0 Å². The van der Waals surface area contributed by atoms with Crippen LogP contribution in [0.3, 0.4) is 0 Å². The van der Waals surface area contributed by atoms with E-state index in [9.17, 15) is 18.8 Å². The first-order valence-corrected chi connectivity index (χ1v) is 9.30. The number of hydrogen-bond acceptors (Lipinski definition) is 4. The van der Waals surface area contributed by atoms with Crippen molar-refractivity contribution in [3.63, 3.8) is 0 Å². The van der Waals surface area contributed by atoms with Crippen LogP contribution >= 0.6 is 11.6 Å². The predicted molar refractivity (Wildman–Crippen MR) is 105 cm³/mol. The number of ether oxygens (including phenoxy) is 1. The number of rotatable bonds is 4. The van der Waals surface area contributed by atoms with Crippen molar-refractivity contribution in [3.05, 3.63) is 64.9 Å². The number of carbonyl (C=O) groups is 3. The van der Waals surface area contributed by atoms with Crippen molar-refractivity contribution in [2.45, 2.75) is 6.10 Å². The van der Waals surface area contributed by atoms with E-state index < -0.39 is 17.6 Å². The normalized spacial score (nSPS) is 16.2. The van der Waals surface area contributed by atoms with Crippen molar-refractivity contribution in [2.75, 3.05) is 31.6 Å². The average molecular weight is 420 g/mol. The Balaban J connectivity index is 1.49. The minimum absolute atomic E-state index is 0.168. The van der Waals surface area contributed by atoms with Crippen molar-refractivity contribution < 1.29 is 23.5 Å². The van der Waals surface area contributed by atoms with Gasteiger partial charge < -0.3 is 20.3 Å². The van der Waals surface area contributed by atoms with Crippen LogP contribution in [0.15, 0.2) is 48.5 Å². The predicted octanol–water partition coefficient (Wildman–Crippen LogP) is 2.13. The molecule has 0 aromatic heterocycles. The summed E-state index contributed by atoms with van der Waals surface area (Å²) in [7, 11) is 0. The highest BCUT2D eigenvalue weighted by atomic mass is 35.5. The Hall–Kier alpha value is -2.97. The Morgan fingerprint density at radius 1 is 1.14 bits per heavy atom. The van der Waals surface area contributed by atoms with E-state index in [0.29, 0.717) is 19.7 Å². The van der Waals surface area contributed by atoms with Gasteiger partial charge in [-0.15, -0.1) is 0 Å². The number of carbonyl (C=O) groups excluding carboxylic acids is 3. The van der Waals surface area contributed by atoms with E-state index in [4.69, 9.17) is 16.3 Å². The zero-order valence-corrected chi connectivity index (χ0v) is 16.1. The molecule has 0 radical (unpaired) electrons. The van der Waals surface area contributed by atoms with Gasteiger partial charge in [0.1, 0.15) is 11.9 Å². The summed E-state index contributed by atoms with van der Waals surface area (Å²) in [6.07, 6.45) is -0.240. The molecular weight excluding hydrogens is 401 g/mol. The molecule has 2 N–H and O–H groups in total. The second-order valence-electron chi connectivity index (χ2n) is 6.38. The number of morpholine rings is 1. The van der Waals surface area contributed by atoms with Gasteiger partial charge in [0.05, 0.1) is 24.7 Å². The van der Waals surface area contributed by atoms with Gasteiger partial charge in [-0.1, -0.05) is 41.9 Å². The first kappa shape index (κ1) is 20.8. The van der Waals surface area contributed by atoms with Crippen LogP contribution in [-0.4, -0.2) is 48.9 Å². The van der Waals surface area contributed by atoms with E-state index in [0.717, 1.165) is 11.6 Å². The maximum atomic E-state index is 13.1. The molecule has 9 heteroatoms. The van der Waals surface area contributed by atoms with E-state index in [1.807, 2.05) is 30.3 Å². The molecule has 0 saturated carbocycles. The first-order valence-electron chi connectivity index (χ1n) is 8.92. The Labute approximate surface area is 171 Å². The van der Waals surface area contributed by atoms with E-state index in [1.165, 1.54) is 12.1 Å². The zero-order valence-electron chi connectivity index (χ0n) is 15.4. The second kappa shape index (κ2) is 9.49. The van der Waals surface area contributed by atoms with E-state index in [-0.39, 0.29) is 29.3 Å². The molecule has 1 saturated heterocycles. The molecule has 3 rings (SSSR count). The van der Waals surface area contributed by atoms with Gasteiger partial charge in [0.2, 0.25) is 5.91 Å². The van der Waals surface area contributed by atoms with Gasteiger partial charge in [0.25, 0.3) is 0 Å². The van der Waals surface area contributed by atoms with Crippen LogP contribution in [0.25, 0.3) is 0 Å². The lowest BCUT2D eigenvalue weighted by Gasteiger charge is -2.33. The second-order valence-corrected chi connectivity index (χ2v) is 6.78. The van der Waals surface area contributed by atoms with Crippen LogP contribution < -0.4 is 10.6 Å². The van der Waals surface area contributed by atoms with Crippen molar-refractivity contribution in [2.24, 2.45) is 0 Å². The lowest BCUT2D eigenvalue weighted by Crippen LogP contribution is -2.48. The summed E-state index contributed by atoms with van der Waals surface area (Å²) in [6, 6.07) is 13.1. The lowest BCUT2D eigenvalue weighted by atomic mass is 10.1. The van der Waals surface area contributed by atoms with Gasteiger partial charge in [0, 0.05) is 12.2 Å². The number of hydrogen-bond donors (Lipinski definition) is 2.